The highest BCUT2D eigenvalue weighted by molar-refractivity contribution is 5.42. The van der Waals surface area contributed by atoms with Crippen LogP contribution in [0.25, 0.3) is 0 Å². The second kappa shape index (κ2) is 5.82. The molecule has 100 valence electrons. The minimum atomic E-state index is -0.433. The van der Waals surface area contributed by atoms with E-state index in [1.165, 1.54) is 12.1 Å². The fraction of sp³-hybridized carbons (Fsp3) is 0.200. The van der Waals surface area contributed by atoms with Crippen molar-refractivity contribution in [3.05, 3.63) is 65.0 Å². The minimum absolute atomic E-state index is 0.329. The van der Waals surface area contributed by atoms with Gasteiger partial charge in [0, 0.05) is 12.1 Å². The Morgan fingerprint density at radius 2 is 1.84 bits per heavy atom. The smallest absolute Gasteiger partial charge is 0.124 e. The summed E-state index contributed by atoms with van der Waals surface area (Å²) in [6.07, 6.45) is 0. The standard InChI is InChI=1S/C15H17FN2O/c1-19-14-7-6-12(16)8-13(14)15(18)11-4-2-10(9-17)3-5-11/h2-8,15H,9,17-18H2,1H3. The molecule has 0 aliphatic heterocycles. The van der Waals surface area contributed by atoms with Crippen molar-refractivity contribution in [2.75, 3.05) is 7.11 Å². The predicted molar refractivity (Wildman–Crippen MR) is 73.3 cm³/mol. The molecule has 0 fully saturated rings. The van der Waals surface area contributed by atoms with Crippen molar-refractivity contribution in [2.45, 2.75) is 12.6 Å². The zero-order valence-electron chi connectivity index (χ0n) is 10.8. The van der Waals surface area contributed by atoms with Crippen LogP contribution in [0.2, 0.25) is 0 Å². The predicted octanol–water partition coefficient (Wildman–Crippen LogP) is 2.34. The van der Waals surface area contributed by atoms with Crippen LogP contribution in [0.3, 0.4) is 0 Å². The van der Waals surface area contributed by atoms with E-state index < -0.39 is 6.04 Å². The monoisotopic (exact) mass is 260 g/mol. The number of methoxy groups -OCH3 is 1. The van der Waals surface area contributed by atoms with Gasteiger partial charge >= 0.3 is 0 Å². The maximum atomic E-state index is 13.4. The first kappa shape index (κ1) is 13.5. The topological polar surface area (TPSA) is 61.3 Å². The van der Waals surface area contributed by atoms with Gasteiger partial charge in [0.25, 0.3) is 0 Å². The summed E-state index contributed by atoms with van der Waals surface area (Å²) in [4.78, 5) is 0. The number of halogens is 1. The molecule has 19 heavy (non-hydrogen) atoms. The van der Waals surface area contributed by atoms with Crippen molar-refractivity contribution in [2.24, 2.45) is 11.5 Å². The molecule has 3 nitrogen and oxygen atoms in total. The molecule has 0 heterocycles. The zero-order valence-corrected chi connectivity index (χ0v) is 10.8. The van der Waals surface area contributed by atoms with Gasteiger partial charge < -0.3 is 16.2 Å². The normalized spacial score (nSPS) is 12.2. The van der Waals surface area contributed by atoms with Gasteiger partial charge in [0.05, 0.1) is 13.2 Å². The molecule has 0 spiro atoms. The summed E-state index contributed by atoms with van der Waals surface area (Å²) >= 11 is 0. The summed E-state index contributed by atoms with van der Waals surface area (Å²) in [5.74, 6) is 0.252. The molecule has 4 N–H and O–H groups in total. The Labute approximate surface area is 112 Å². The van der Waals surface area contributed by atoms with E-state index in [0.717, 1.165) is 11.1 Å². The van der Waals surface area contributed by atoms with E-state index in [1.54, 1.807) is 13.2 Å². The molecule has 4 heteroatoms. The molecule has 0 saturated carbocycles. The van der Waals surface area contributed by atoms with Gasteiger partial charge in [-0.1, -0.05) is 24.3 Å². The highest BCUT2D eigenvalue weighted by atomic mass is 19.1. The maximum absolute atomic E-state index is 13.4. The minimum Gasteiger partial charge on any atom is -0.496 e. The quantitative estimate of drug-likeness (QED) is 0.887. The highest BCUT2D eigenvalue weighted by Crippen LogP contribution is 2.29. The van der Waals surface area contributed by atoms with Crippen molar-refractivity contribution in [1.82, 2.24) is 0 Å². The highest BCUT2D eigenvalue weighted by Gasteiger charge is 2.14. The third-order valence-corrected chi connectivity index (χ3v) is 3.10. The summed E-state index contributed by atoms with van der Waals surface area (Å²) in [5.41, 5.74) is 14.3. The van der Waals surface area contributed by atoms with Crippen LogP contribution < -0.4 is 16.2 Å². The van der Waals surface area contributed by atoms with E-state index in [0.29, 0.717) is 17.9 Å². The molecule has 2 aromatic rings. The van der Waals surface area contributed by atoms with Crippen LogP contribution in [0.15, 0.2) is 42.5 Å². The lowest BCUT2D eigenvalue weighted by atomic mass is 9.97. The number of rotatable bonds is 4. The summed E-state index contributed by atoms with van der Waals surface area (Å²) in [7, 11) is 1.54. The third-order valence-electron chi connectivity index (χ3n) is 3.10. The van der Waals surface area contributed by atoms with Gasteiger partial charge in [-0.05, 0) is 29.3 Å². The van der Waals surface area contributed by atoms with Gasteiger partial charge in [0.1, 0.15) is 11.6 Å². The summed E-state index contributed by atoms with van der Waals surface area (Å²) < 4.78 is 18.6. The van der Waals surface area contributed by atoms with E-state index >= 15 is 0 Å². The molecular formula is C15H17FN2O. The Hall–Kier alpha value is -1.91. The van der Waals surface area contributed by atoms with Gasteiger partial charge in [-0.2, -0.15) is 0 Å². The van der Waals surface area contributed by atoms with Crippen LogP contribution in [0, 0.1) is 5.82 Å². The number of hydrogen-bond donors (Lipinski definition) is 2. The van der Waals surface area contributed by atoms with Crippen LogP contribution in [0.5, 0.6) is 5.75 Å². The third kappa shape index (κ3) is 2.92. The zero-order chi connectivity index (χ0) is 13.8. The van der Waals surface area contributed by atoms with Gasteiger partial charge in [-0.25, -0.2) is 4.39 Å². The van der Waals surface area contributed by atoms with E-state index in [4.69, 9.17) is 16.2 Å². The first-order chi connectivity index (χ1) is 9.15. The van der Waals surface area contributed by atoms with Crippen molar-refractivity contribution in [3.8, 4) is 5.75 Å². The Kier molecular flexibility index (Phi) is 4.14. The Morgan fingerprint density at radius 3 is 2.42 bits per heavy atom. The van der Waals surface area contributed by atoms with E-state index in [2.05, 4.69) is 0 Å². The Balaban J connectivity index is 2.36. The van der Waals surface area contributed by atoms with Crippen molar-refractivity contribution in [3.63, 3.8) is 0 Å². The number of benzene rings is 2. The molecule has 0 amide bonds. The summed E-state index contributed by atoms with van der Waals surface area (Å²) in [6, 6.07) is 11.5. The molecular weight excluding hydrogens is 243 g/mol. The molecule has 0 radical (unpaired) electrons. The van der Waals surface area contributed by atoms with Crippen molar-refractivity contribution in [1.29, 1.82) is 0 Å². The molecule has 0 saturated heterocycles. The lowest BCUT2D eigenvalue weighted by Crippen LogP contribution is -2.13. The fourth-order valence-corrected chi connectivity index (χ4v) is 1.99. The Morgan fingerprint density at radius 1 is 1.16 bits per heavy atom. The maximum Gasteiger partial charge on any atom is 0.124 e. The molecule has 2 aromatic carbocycles. The summed E-state index contributed by atoms with van der Waals surface area (Å²) in [5, 5.41) is 0. The number of nitrogens with two attached hydrogens (primary N) is 2. The molecule has 1 unspecified atom stereocenters. The lowest BCUT2D eigenvalue weighted by molar-refractivity contribution is 0.406. The van der Waals surface area contributed by atoms with Crippen LogP contribution in [-0.2, 0) is 6.54 Å². The average Bonchev–Trinajstić information content (AvgIpc) is 2.46. The van der Waals surface area contributed by atoms with E-state index in [1.807, 2.05) is 24.3 Å². The number of hydrogen-bond acceptors (Lipinski definition) is 3. The van der Waals surface area contributed by atoms with Crippen LogP contribution >= 0.6 is 0 Å². The first-order valence-corrected chi connectivity index (χ1v) is 6.03. The SMILES string of the molecule is COc1ccc(F)cc1C(N)c1ccc(CN)cc1. The second-order valence-electron chi connectivity index (χ2n) is 4.31. The van der Waals surface area contributed by atoms with Gasteiger partial charge in [0.15, 0.2) is 0 Å². The van der Waals surface area contributed by atoms with Gasteiger partial charge in [-0.3, -0.25) is 0 Å². The van der Waals surface area contributed by atoms with Crippen LogP contribution in [0.4, 0.5) is 4.39 Å². The molecule has 0 aliphatic rings. The molecule has 1 atom stereocenters. The van der Waals surface area contributed by atoms with Crippen molar-refractivity contribution < 1.29 is 9.13 Å². The van der Waals surface area contributed by atoms with E-state index in [-0.39, 0.29) is 5.82 Å². The molecule has 0 aliphatic carbocycles. The van der Waals surface area contributed by atoms with E-state index in [9.17, 15) is 4.39 Å². The Bertz CT molecular complexity index is 555. The molecule has 2 rings (SSSR count). The first-order valence-electron chi connectivity index (χ1n) is 6.03. The second-order valence-corrected chi connectivity index (χ2v) is 4.31. The number of ether oxygens (including phenoxy) is 1. The fourth-order valence-electron chi connectivity index (χ4n) is 1.99. The average molecular weight is 260 g/mol. The van der Waals surface area contributed by atoms with Gasteiger partial charge in [-0.15, -0.1) is 0 Å². The molecule has 0 aromatic heterocycles. The molecule has 0 bridgehead atoms. The van der Waals surface area contributed by atoms with Gasteiger partial charge in [0.2, 0.25) is 0 Å². The largest absolute Gasteiger partial charge is 0.496 e. The van der Waals surface area contributed by atoms with Crippen LogP contribution in [0.1, 0.15) is 22.7 Å². The van der Waals surface area contributed by atoms with Crippen molar-refractivity contribution >= 4 is 0 Å². The lowest BCUT2D eigenvalue weighted by Gasteiger charge is -2.16. The summed E-state index contributed by atoms with van der Waals surface area (Å²) in [6.45, 7) is 0.485. The van der Waals surface area contributed by atoms with Crippen LogP contribution in [-0.4, -0.2) is 7.11 Å².